The van der Waals surface area contributed by atoms with Crippen molar-refractivity contribution in [2.75, 3.05) is 23.7 Å². The number of hydrogen-bond donors (Lipinski definition) is 2. The van der Waals surface area contributed by atoms with Crippen LogP contribution in [-0.2, 0) is 0 Å². The van der Waals surface area contributed by atoms with Crippen molar-refractivity contribution >= 4 is 38.2 Å². The highest BCUT2D eigenvalue weighted by Crippen LogP contribution is 2.32. The Hall–Kier alpha value is -1.33. The summed E-state index contributed by atoms with van der Waals surface area (Å²) in [6.07, 6.45) is 3.41. The van der Waals surface area contributed by atoms with E-state index in [0.29, 0.717) is 6.54 Å². The smallest absolute Gasteiger partial charge is 0.0956 e. The Kier molecular flexibility index (Phi) is 3.33. The molecule has 1 saturated heterocycles. The Labute approximate surface area is 120 Å². The number of halogens is 1. The van der Waals surface area contributed by atoms with Gasteiger partial charge >= 0.3 is 0 Å². The van der Waals surface area contributed by atoms with E-state index in [1.54, 1.807) is 6.20 Å². The fourth-order valence-electron chi connectivity index (χ4n) is 2.63. The molecular weight excluding hydrogens is 306 g/mol. The fourth-order valence-corrected chi connectivity index (χ4v) is 2.96. The molecule has 2 heterocycles. The lowest BCUT2D eigenvalue weighted by Crippen LogP contribution is -2.38. The van der Waals surface area contributed by atoms with Gasteiger partial charge in [-0.2, -0.15) is 0 Å². The molecule has 0 amide bonds. The normalized spacial score (nSPS) is 19.9. The molecule has 1 aromatic heterocycles. The number of aromatic nitrogens is 1. The van der Waals surface area contributed by atoms with Crippen molar-refractivity contribution in [3.05, 3.63) is 28.9 Å². The average molecular weight is 322 g/mol. The molecule has 5 heteroatoms. The molecule has 19 heavy (non-hydrogen) atoms. The van der Waals surface area contributed by atoms with Crippen molar-refractivity contribution in [2.45, 2.75) is 18.9 Å². The number of hydrogen-bond acceptors (Lipinski definition) is 4. The van der Waals surface area contributed by atoms with Gasteiger partial charge in [-0.25, -0.2) is 0 Å². The number of aliphatic hydroxyl groups is 1. The second kappa shape index (κ2) is 4.98. The quantitative estimate of drug-likeness (QED) is 0.792. The van der Waals surface area contributed by atoms with Gasteiger partial charge in [0.05, 0.1) is 17.3 Å². The summed E-state index contributed by atoms with van der Waals surface area (Å²) in [4.78, 5) is 6.68. The number of fused-ring (bicyclic) bond motifs is 1. The minimum atomic E-state index is -0.253. The predicted octanol–water partition coefficient (Wildman–Crippen LogP) is 2.54. The lowest BCUT2D eigenvalue weighted by atomic mass is 10.1. The highest BCUT2D eigenvalue weighted by Gasteiger charge is 2.20. The monoisotopic (exact) mass is 321 g/mol. The maximum absolute atomic E-state index is 9.82. The average Bonchev–Trinajstić information content (AvgIpc) is 2.40. The van der Waals surface area contributed by atoms with Crippen LogP contribution in [-0.4, -0.2) is 29.3 Å². The van der Waals surface area contributed by atoms with E-state index >= 15 is 0 Å². The van der Waals surface area contributed by atoms with E-state index in [0.717, 1.165) is 46.1 Å². The molecule has 0 radical (unpaired) electrons. The van der Waals surface area contributed by atoms with Crippen molar-refractivity contribution < 1.29 is 5.11 Å². The van der Waals surface area contributed by atoms with Crippen LogP contribution in [0.15, 0.2) is 28.9 Å². The maximum atomic E-state index is 9.82. The first-order valence-corrected chi connectivity index (χ1v) is 7.21. The van der Waals surface area contributed by atoms with Crippen LogP contribution in [0, 0.1) is 0 Å². The van der Waals surface area contributed by atoms with Crippen LogP contribution < -0.4 is 10.6 Å². The molecule has 3 rings (SSSR count). The van der Waals surface area contributed by atoms with Crippen LogP contribution in [0.4, 0.5) is 11.4 Å². The molecule has 0 saturated carbocycles. The molecule has 0 spiro atoms. The largest absolute Gasteiger partial charge is 0.398 e. The number of nitrogens with zero attached hydrogens (tertiary/aromatic N) is 2. The number of nitrogens with two attached hydrogens (primary N) is 1. The number of piperidine rings is 1. The number of aliphatic hydroxyl groups excluding tert-OH is 1. The SMILES string of the molecule is Nc1ccc(N2CCCC(O)C2)c2ncc(Br)cc12. The number of β-amino-alcohol motifs (C(OH)–C–C–N with tert-alkyl or cyclic N) is 1. The summed E-state index contributed by atoms with van der Waals surface area (Å²) in [6.45, 7) is 1.62. The first-order valence-electron chi connectivity index (χ1n) is 6.42. The molecule has 1 aliphatic rings. The Morgan fingerprint density at radius 1 is 1.42 bits per heavy atom. The van der Waals surface area contributed by atoms with Crippen LogP contribution in [0.2, 0.25) is 0 Å². The Morgan fingerprint density at radius 2 is 2.26 bits per heavy atom. The number of pyridine rings is 1. The van der Waals surface area contributed by atoms with E-state index in [4.69, 9.17) is 5.73 Å². The first kappa shape index (κ1) is 12.7. The number of rotatable bonds is 1. The van der Waals surface area contributed by atoms with E-state index in [1.165, 1.54) is 0 Å². The van der Waals surface area contributed by atoms with Gasteiger partial charge in [0, 0.05) is 34.8 Å². The van der Waals surface area contributed by atoms with E-state index in [1.807, 2.05) is 18.2 Å². The van der Waals surface area contributed by atoms with Gasteiger partial charge in [0.2, 0.25) is 0 Å². The second-order valence-electron chi connectivity index (χ2n) is 4.97. The number of nitrogen functional groups attached to an aromatic ring is 1. The van der Waals surface area contributed by atoms with Crippen LogP contribution in [0.5, 0.6) is 0 Å². The van der Waals surface area contributed by atoms with E-state index in [-0.39, 0.29) is 6.10 Å². The molecule has 2 aromatic rings. The van der Waals surface area contributed by atoms with Crippen molar-refractivity contribution in [1.82, 2.24) is 4.98 Å². The van der Waals surface area contributed by atoms with Crippen molar-refractivity contribution in [3.8, 4) is 0 Å². The molecule has 1 unspecified atom stereocenters. The third-order valence-corrected chi connectivity index (χ3v) is 4.00. The van der Waals surface area contributed by atoms with Crippen LogP contribution in [0.1, 0.15) is 12.8 Å². The van der Waals surface area contributed by atoms with Gasteiger partial charge in [-0.15, -0.1) is 0 Å². The Bertz CT molecular complexity index is 617. The van der Waals surface area contributed by atoms with E-state index in [9.17, 15) is 5.11 Å². The van der Waals surface area contributed by atoms with Crippen LogP contribution in [0.3, 0.4) is 0 Å². The fraction of sp³-hybridized carbons (Fsp3) is 0.357. The molecule has 1 aromatic carbocycles. The summed E-state index contributed by atoms with van der Waals surface area (Å²) in [5, 5.41) is 10.8. The minimum absolute atomic E-state index is 0.253. The van der Waals surface area contributed by atoms with Crippen molar-refractivity contribution in [3.63, 3.8) is 0 Å². The summed E-state index contributed by atoms with van der Waals surface area (Å²) in [6, 6.07) is 5.89. The molecule has 3 N–H and O–H groups in total. The predicted molar refractivity (Wildman–Crippen MR) is 81.3 cm³/mol. The molecular formula is C14H16BrN3O. The molecule has 1 atom stereocenters. The molecule has 1 fully saturated rings. The van der Waals surface area contributed by atoms with Gasteiger partial charge < -0.3 is 15.7 Å². The zero-order valence-electron chi connectivity index (χ0n) is 10.5. The molecule has 0 aliphatic carbocycles. The lowest BCUT2D eigenvalue weighted by Gasteiger charge is -2.32. The van der Waals surface area contributed by atoms with E-state index < -0.39 is 0 Å². The van der Waals surface area contributed by atoms with E-state index in [2.05, 4.69) is 25.8 Å². The molecule has 100 valence electrons. The van der Waals surface area contributed by atoms with Crippen LogP contribution >= 0.6 is 15.9 Å². The van der Waals surface area contributed by atoms with Gasteiger partial charge in [-0.1, -0.05) is 0 Å². The topological polar surface area (TPSA) is 62.4 Å². The van der Waals surface area contributed by atoms with Gasteiger partial charge in [0.15, 0.2) is 0 Å². The maximum Gasteiger partial charge on any atom is 0.0956 e. The summed E-state index contributed by atoms with van der Waals surface area (Å²) in [5.74, 6) is 0. The zero-order chi connectivity index (χ0) is 13.4. The van der Waals surface area contributed by atoms with Gasteiger partial charge in [0.1, 0.15) is 0 Å². The summed E-state index contributed by atoms with van der Waals surface area (Å²) in [7, 11) is 0. The van der Waals surface area contributed by atoms with Crippen LogP contribution in [0.25, 0.3) is 10.9 Å². The molecule has 1 aliphatic heterocycles. The highest BCUT2D eigenvalue weighted by molar-refractivity contribution is 9.10. The first-order chi connectivity index (χ1) is 9.15. The van der Waals surface area contributed by atoms with Crippen molar-refractivity contribution in [2.24, 2.45) is 0 Å². The number of benzene rings is 1. The second-order valence-corrected chi connectivity index (χ2v) is 5.88. The van der Waals surface area contributed by atoms with Crippen molar-refractivity contribution in [1.29, 1.82) is 0 Å². The minimum Gasteiger partial charge on any atom is -0.398 e. The molecule has 0 bridgehead atoms. The summed E-state index contributed by atoms with van der Waals surface area (Å²) in [5.41, 5.74) is 8.70. The zero-order valence-corrected chi connectivity index (χ0v) is 12.1. The van der Waals surface area contributed by atoms with Gasteiger partial charge in [0.25, 0.3) is 0 Å². The highest BCUT2D eigenvalue weighted by atomic mass is 79.9. The number of anilines is 2. The van der Waals surface area contributed by atoms with Gasteiger partial charge in [-0.05, 0) is 47.0 Å². The Morgan fingerprint density at radius 3 is 3.05 bits per heavy atom. The lowest BCUT2D eigenvalue weighted by molar-refractivity contribution is 0.154. The van der Waals surface area contributed by atoms with Gasteiger partial charge in [-0.3, -0.25) is 4.98 Å². The summed E-state index contributed by atoms with van der Waals surface area (Å²) < 4.78 is 0.919. The third kappa shape index (κ3) is 2.40. The Balaban J connectivity index is 2.11. The standard InChI is InChI=1S/C14H16BrN3O/c15-9-6-11-12(16)3-4-13(14(11)17-7-9)18-5-1-2-10(19)8-18/h3-4,6-7,10,19H,1-2,5,8,16H2. The molecule has 4 nitrogen and oxygen atoms in total. The third-order valence-electron chi connectivity index (χ3n) is 3.57. The summed E-state index contributed by atoms with van der Waals surface area (Å²) >= 11 is 3.43.